The zero-order valence-electron chi connectivity index (χ0n) is 9.18. The number of hydrogen-bond acceptors (Lipinski definition) is 4. The highest BCUT2D eigenvalue weighted by Crippen LogP contribution is 2.14. The summed E-state index contributed by atoms with van der Waals surface area (Å²) in [6.07, 6.45) is 1.64. The summed E-state index contributed by atoms with van der Waals surface area (Å²) >= 11 is 0. The molecule has 1 N–H and O–H groups in total. The molecule has 0 amide bonds. The fraction of sp³-hybridized carbons (Fsp3) is 0.182. The van der Waals surface area contributed by atoms with E-state index in [1.165, 1.54) is 12.1 Å². The molecule has 0 aliphatic carbocycles. The Kier molecular flexibility index (Phi) is 3.01. The van der Waals surface area contributed by atoms with Gasteiger partial charge < -0.3 is 5.32 Å². The van der Waals surface area contributed by atoms with Gasteiger partial charge in [-0.05, 0) is 18.2 Å². The molecule has 1 aromatic carbocycles. The summed E-state index contributed by atoms with van der Waals surface area (Å²) in [6, 6.07) is 6.12. The molecule has 86 valence electrons. The largest absolute Gasteiger partial charge is 0.379 e. The summed E-state index contributed by atoms with van der Waals surface area (Å²) < 4.78 is 14.7. The number of halogens is 1. The van der Waals surface area contributed by atoms with Gasteiger partial charge in [0.05, 0.1) is 24.0 Å². The molecule has 2 rings (SSSR count). The molecule has 0 radical (unpaired) electrons. The predicted molar refractivity (Wildman–Crippen MR) is 59.4 cm³/mol. The zero-order valence-corrected chi connectivity index (χ0v) is 9.18. The lowest BCUT2D eigenvalue weighted by Gasteiger charge is -2.06. The number of hydrogen-bond donors (Lipinski definition) is 1. The molecule has 0 bridgehead atoms. The lowest BCUT2D eigenvalue weighted by molar-refractivity contribution is 0.624. The minimum atomic E-state index is -0.514. The maximum absolute atomic E-state index is 13.1. The van der Waals surface area contributed by atoms with E-state index in [1.807, 2.05) is 0 Å². The maximum Gasteiger partial charge on any atom is 0.141 e. The Hall–Kier alpha value is -2.42. The van der Waals surface area contributed by atoms with Gasteiger partial charge in [-0.15, -0.1) is 5.10 Å². The lowest BCUT2D eigenvalue weighted by atomic mass is 10.2. The second-order valence-corrected chi connectivity index (χ2v) is 3.51. The Balaban J connectivity index is 2.10. The first-order chi connectivity index (χ1) is 8.20. The predicted octanol–water partition coefficient (Wildman–Crippen LogP) is 1.44. The standard InChI is InChI=1S/C11H10FN5/c1-17-10(7-15-16-17)6-14-9-2-3-11(12)8(4-9)5-13/h2-4,7,14H,6H2,1H3. The van der Waals surface area contributed by atoms with Crippen molar-refractivity contribution in [2.75, 3.05) is 5.32 Å². The van der Waals surface area contributed by atoms with E-state index in [0.29, 0.717) is 12.2 Å². The van der Waals surface area contributed by atoms with Crippen molar-refractivity contribution in [2.45, 2.75) is 6.54 Å². The van der Waals surface area contributed by atoms with E-state index in [1.54, 1.807) is 30.1 Å². The van der Waals surface area contributed by atoms with Crippen LogP contribution < -0.4 is 5.32 Å². The van der Waals surface area contributed by atoms with Gasteiger partial charge >= 0.3 is 0 Å². The molecular weight excluding hydrogens is 221 g/mol. The number of anilines is 1. The second kappa shape index (κ2) is 4.61. The van der Waals surface area contributed by atoms with E-state index in [0.717, 1.165) is 5.69 Å². The van der Waals surface area contributed by atoms with Crippen LogP contribution in [0.25, 0.3) is 0 Å². The van der Waals surface area contributed by atoms with Crippen LogP contribution in [0.3, 0.4) is 0 Å². The van der Waals surface area contributed by atoms with Gasteiger partial charge in [-0.3, -0.25) is 4.68 Å². The molecule has 0 unspecified atom stereocenters. The number of nitrogens with one attached hydrogen (secondary N) is 1. The third-order valence-corrected chi connectivity index (χ3v) is 2.37. The third-order valence-electron chi connectivity index (χ3n) is 2.37. The van der Waals surface area contributed by atoms with Crippen molar-refractivity contribution in [2.24, 2.45) is 7.05 Å². The van der Waals surface area contributed by atoms with Gasteiger partial charge in [-0.2, -0.15) is 5.26 Å². The molecular formula is C11H10FN5. The highest BCUT2D eigenvalue weighted by Gasteiger charge is 2.03. The maximum atomic E-state index is 13.1. The van der Waals surface area contributed by atoms with Gasteiger partial charge in [-0.25, -0.2) is 4.39 Å². The summed E-state index contributed by atoms with van der Waals surface area (Å²) in [5.74, 6) is -0.514. The number of benzene rings is 1. The van der Waals surface area contributed by atoms with Crippen LogP contribution in [-0.2, 0) is 13.6 Å². The fourth-order valence-electron chi connectivity index (χ4n) is 1.38. The minimum absolute atomic E-state index is 0.0260. The van der Waals surface area contributed by atoms with E-state index >= 15 is 0 Å². The van der Waals surface area contributed by atoms with Crippen molar-refractivity contribution in [3.63, 3.8) is 0 Å². The zero-order chi connectivity index (χ0) is 12.3. The van der Waals surface area contributed by atoms with Crippen LogP contribution in [0.1, 0.15) is 11.3 Å². The first-order valence-electron chi connectivity index (χ1n) is 4.98. The van der Waals surface area contributed by atoms with Gasteiger partial charge in [0, 0.05) is 12.7 Å². The smallest absolute Gasteiger partial charge is 0.141 e. The average molecular weight is 231 g/mol. The summed E-state index contributed by atoms with van der Waals surface area (Å²) in [5.41, 5.74) is 1.61. The Morgan fingerprint density at radius 1 is 1.53 bits per heavy atom. The molecule has 0 spiro atoms. The Labute approximate surface area is 97.5 Å². The highest BCUT2D eigenvalue weighted by molar-refractivity contribution is 5.49. The fourth-order valence-corrected chi connectivity index (χ4v) is 1.38. The van der Waals surface area contributed by atoms with Gasteiger partial charge in [0.1, 0.15) is 11.9 Å². The first-order valence-corrected chi connectivity index (χ1v) is 4.98. The second-order valence-electron chi connectivity index (χ2n) is 3.51. The SMILES string of the molecule is Cn1nncc1CNc1ccc(F)c(C#N)c1. The molecule has 2 aromatic rings. The lowest BCUT2D eigenvalue weighted by Crippen LogP contribution is -2.05. The molecule has 0 aliphatic rings. The summed E-state index contributed by atoms with van der Waals surface area (Å²) in [7, 11) is 1.79. The van der Waals surface area contributed by atoms with Gasteiger partial charge in [0.2, 0.25) is 0 Å². The summed E-state index contributed by atoms with van der Waals surface area (Å²) in [5, 5.41) is 19.3. The molecule has 1 aromatic heterocycles. The van der Waals surface area contributed by atoms with E-state index in [4.69, 9.17) is 5.26 Å². The van der Waals surface area contributed by atoms with E-state index in [2.05, 4.69) is 15.6 Å². The first kappa shape index (κ1) is 11.1. The molecule has 0 saturated heterocycles. The molecule has 5 nitrogen and oxygen atoms in total. The van der Waals surface area contributed by atoms with Crippen LogP contribution in [0.2, 0.25) is 0 Å². The van der Waals surface area contributed by atoms with Crippen LogP contribution in [0.4, 0.5) is 10.1 Å². The van der Waals surface area contributed by atoms with E-state index in [-0.39, 0.29) is 5.56 Å². The molecule has 1 heterocycles. The van der Waals surface area contributed by atoms with Crippen molar-refractivity contribution in [3.8, 4) is 6.07 Å². The van der Waals surface area contributed by atoms with Crippen LogP contribution in [0.15, 0.2) is 24.4 Å². The van der Waals surface area contributed by atoms with Gasteiger partial charge in [0.25, 0.3) is 0 Å². The topological polar surface area (TPSA) is 66.5 Å². The van der Waals surface area contributed by atoms with Crippen molar-refractivity contribution in [1.29, 1.82) is 5.26 Å². The Morgan fingerprint density at radius 3 is 3.00 bits per heavy atom. The molecule has 17 heavy (non-hydrogen) atoms. The monoisotopic (exact) mass is 231 g/mol. The number of nitriles is 1. The quantitative estimate of drug-likeness (QED) is 0.867. The van der Waals surface area contributed by atoms with Crippen molar-refractivity contribution in [3.05, 3.63) is 41.5 Å². The Morgan fingerprint density at radius 2 is 2.35 bits per heavy atom. The molecule has 0 fully saturated rings. The highest BCUT2D eigenvalue weighted by atomic mass is 19.1. The van der Waals surface area contributed by atoms with E-state index < -0.39 is 5.82 Å². The van der Waals surface area contributed by atoms with Crippen LogP contribution >= 0.6 is 0 Å². The summed E-state index contributed by atoms with van der Waals surface area (Å²) in [4.78, 5) is 0. The number of nitrogens with zero attached hydrogens (tertiary/aromatic N) is 4. The average Bonchev–Trinajstić information content (AvgIpc) is 2.74. The van der Waals surface area contributed by atoms with Crippen molar-refractivity contribution in [1.82, 2.24) is 15.0 Å². The van der Waals surface area contributed by atoms with Crippen molar-refractivity contribution < 1.29 is 4.39 Å². The number of aromatic nitrogens is 3. The Bertz CT molecular complexity index is 569. The number of aryl methyl sites for hydroxylation is 1. The van der Waals surface area contributed by atoms with Crippen LogP contribution in [0, 0.1) is 17.1 Å². The third kappa shape index (κ3) is 2.39. The normalized spacial score (nSPS) is 9.94. The molecule has 6 heteroatoms. The van der Waals surface area contributed by atoms with Gasteiger partial charge in [-0.1, -0.05) is 5.21 Å². The molecule has 0 saturated carbocycles. The molecule has 0 aliphatic heterocycles. The van der Waals surface area contributed by atoms with Crippen LogP contribution in [-0.4, -0.2) is 15.0 Å². The summed E-state index contributed by atoms with van der Waals surface area (Å²) in [6.45, 7) is 0.514. The van der Waals surface area contributed by atoms with Crippen molar-refractivity contribution >= 4 is 5.69 Å². The van der Waals surface area contributed by atoms with Crippen LogP contribution in [0.5, 0.6) is 0 Å². The molecule has 0 atom stereocenters. The van der Waals surface area contributed by atoms with Gasteiger partial charge in [0.15, 0.2) is 0 Å². The van der Waals surface area contributed by atoms with E-state index in [9.17, 15) is 4.39 Å². The number of rotatable bonds is 3. The minimum Gasteiger partial charge on any atom is -0.379 e.